The second kappa shape index (κ2) is 9.83. The summed E-state index contributed by atoms with van der Waals surface area (Å²) < 4.78 is 30.3. The number of rotatable bonds is 7. The lowest BCUT2D eigenvalue weighted by atomic mass is 9.88. The van der Waals surface area contributed by atoms with Crippen molar-refractivity contribution in [1.29, 1.82) is 0 Å². The Morgan fingerprint density at radius 3 is 2.64 bits per heavy atom. The van der Waals surface area contributed by atoms with Gasteiger partial charge in [-0.15, -0.1) is 0 Å². The van der Waals surface area contributed by atoms with Gasteiger partial charge in [0.15, 0.2) is 11.6 Å². The minimum Gasteiger partial charge on any atom is -0.358 e. The molecule has 2 unspecified atom stereocenters. The van der Waals surface area contributed by atoms with E-state index in [9.17, 15) is 13.6 Å². The highest BCUT2D eigenvalue weighted by Crippen LogP contribution is 2.40. The van der Waals surface area contributed by atoms with Crippen molar-refractivity contribution in [1.82, 2.24) is 20.0 Å². The Balaban J connectivity index is 1.76. The molecular formula is C26H30F2N4O. The van der Waals surface area contributed by atoms with Crippen LogP contribution in [0, 0.1) is 18.6 Å². The fraction of sp³-hybridized carbons (Fsp3) is 0.385. The molecular weight excluding hydrogens is 422 g/mol. The summed E-state index contributed by atoms with van der Waals surface area (Å²) in [4.78, 5) is 15.3. The number of nitrogens with one attached hydrogen (secondary N) is 1. The highest BCUT2D eigenvalue weighted by Gasteiger charge is 2.39. The number of halogens is 2. The summed E-state index contributed by atoms with van der Waals surface area (Å²) in [5.74, 6) is -1.73. The molecule has 0 bridgehead atoms. The average Bonchev–Trinajstić information content (AvgIpc) is 3.17. The van der Waals surface area contributed by atoms with Crippen LogP contribution in [0.2, 0.25) is 0 Å². The van der Waals surface area contributed by atoms with Crippen molar-refractivity contribution in [2.24, 2.45) is 0 Å². The maximum absolute atomic E-state index is 14.4. The summed E-state index contributed by atoms with van der Waals surface area (Å²) in [6.45, 7) is 5.48. The Kier molecular flexibility index (Phi) is 6.88. The molecule has 1 aromatic heterocycles. The maximum Gasteiger partial charge on any atom is 0.241 e. The molecule has 1 aliphatic rings. The first-order valence-electron chi connectivity index (χ1n) is 11.5. The number of benzene rings is 2. The first kappa shape index (κ1) is 23.1. The van der Waals surface area contributed by atoms with Gasteiger partial charge in [-0.1, -0.05) is 42.5 Å². The first-order valence-corrected chi connectivity index (χ1v) is 11.5. The molecule has 1 aliphatic heterocycles. The molecule has 2 aromatic carbocycles. The standard InChI is InChI=1S/C26H30F2N4O/c1-4-32-22-15-16-31(25(26(33)29-3)19-9-6-5-7-10-19)21(23(22)17(2)30-32)14-13-18-11-8-12-20(27)24(18)28/h5-12,21,25H,4,13-16H2,1-3H3,(H,29,33). The van der Waals surface area contributed by atoms with E-state index < -0.39 is 17.7 Å². The lowest BCUT2D eigenvalue weighted by Gasteiger charge is -2.41. The summed E-state index contributed by atoms with van der Waals surface area (Å²) in [7, 11) is 1.64. The number of hydrogen-bond donors (Lipinski definition) is 1. The Hall–Kier alpha value is -3.06. The Morgan fingerprint density at radius 1 is 1.18 bits per heavy atom. The van der Waals surface area contributed by atoms with Gasteiger partial charge < -0.3 is 5.32 Å². The fourth-order valence-electron chi connectivity index (χ4n) is 5.08. The topological polar surface area (TPSA) is 50.2 Å². The maximum atomic E-state index is 14.4. The molecule has 0 fully saturated rings. The monoisotopic (exact) mass is 452 g/mol. The number of carbonyl (C=O) groups excluding carboxylic acids is 1. The van der Waals surface area contributed by atoms with Crippen molar-refractivity contribution in [3.05, 3.63) is 88.2 Å². The van der Waals surface area contributed by atoms with Crippen LogP contribution in [0.5, 0.6) is 0 Å². The van der Waals surface area contributed by atoms with E-state index in [4.69, 9.17) is 5.10 Å². The largest absolute Gasteiger partial charge is 0.358 e. The van der Waals surface area contributed by atoms with Crippen LogP contribution in [-0.4, -0.2) is 34.2 Å². The van der Waals surface area contributed by atoms with Crippen molar-refractivity contribution in [3.63, 3.8) is 0 Å². The lowest BCUT2D eigenvalue weighted by molar-refractivity contribution is -0.127. The number of fused-ring (bicyclic) bond motifs is 1. The summed E-state index contributed by atoms with van der Waals surface area (Å²) in [5, 5.41) is 7.55. The summed E-state index contributed by atoms with van der Waals surface area (Å²) >= 11 is 0. The lowest BCUT2D eigenvalue weighted by Crippen LogP contribution is -2.45. The zero-order chi connectivity index (χ0) is 23.5. The van der Waals surface area contributed by atoms with Crippen molar-refractivity contribution in [2.75, 3.05) is 13.6 Å². The van der Waals surface area contributed by atoms with Gasteiger partial charge in [-0.3, -0.25) is 14.4 Å². The van der Waals surface area contributed by atoms with Crippen LogP contribution >= 0.6 is 0 Å². The first-order chi connectivity index (χ1) is 16.0. The molecule has 0 saturated carbocycles. The van der Waals surface area contributed by atoms with Crippen LogP contribution in [0.15, 0.2) is 48.5 Å². The van der Waals surface area contributed by atoms with Crippen molar-refractivity contribution >= 4 is 5.91 Å². The third kappa shape index (κ3) is 4.42. The van der Waals surface area contributed by atoms with Crippen LogP contribution < -0.4 is 5.32 Å². The van der Waals surface area contributed by atoms with Gasteiger partial charge in [0.05, 0.1) is 5.69 Å². The van der Waals surface area contributed by atoms with E-state index >= 15 is 0 Å². The average molecular weight is 453 g/mol. The summed E-state index contributed by atoms with van der Waals surface area (Å²) in [6.07, 6.45) is 1.68. The van der Waals surface area contributed by atoms with E-state index in [1.165, 1.54) is 11.8 Å². The van der Waals surface area contributed by atoms with Gasteiger partial charge in [0.25, 0.3) is 0 Å². The van der Waals surface area contributed by atoms with Crippen molar-refractivity contribution < 1.29 is 13.6 Å². The third-order valence-electron chi connectivity index (χ3n) is 6.58. The molecule has 0 radical (unpaired) electrons. The predicted octanol–water partition coefficient (Wildman–Crippen LogP) is 4.51. The Morgan fingerprint density at radius 2 is 1.94 bits per heavy atom. The molecule has 0 spiro atoms. The molecule has 0 saturated heterocycles. The Bertz CT molecular complexity index is 1130. The number of nitrogens with zero attached hydrogens (tertiary/aromatic N) is 3. The second-order valence-electron chi connectivity index (χ2n) is 8.44. The molecule has 5 nitrogen and oxygen atoms in total. The third-order valence-corrected chi connectivity index (χ3v) is 6.58. The van der Waals surface area contributed by atoms with E-state index in [1.54, 1.807) is 13.1 Å². The van der Waals surface area contributed by atoms with E-state index in [0.29, 0.717) is 24.9 Å². The zero-order valence-corrected chi connectivity index (χ0v) is 19.3. The highest BCUT2D eigenvalue weighted by atomic mass is 19.2. The van der Waals surface area contributed by atoms with Gasteiger partial charge in [0.2, 0.25) is 5.91 Å². The van der Waals surface area contributed by atoms with E-state index in [0.717, 1.165) is 35.9 Å². The smallest absolute Gasteiger partial charge is 0.241 e. The van der Waals surface area contributed by atoms with E-state index in [1.807, 2.05) is 41.9 Å². The highest BCUT2D eigenvalue weighted by molar-refractivity contribution is 5.83. The van der Waals surface area contributed by atoms with Crippen LogP contribution in [-0.2, 0) is 24.2 Å². The quantitative estimate of drug-likeness (QED) is 0.574. The number of aromatic nitrogens is 2. The number of aryl methyl sites for hydroxylation is 3. The van der Waals surface area contributed by atoms with Crippen molar-refractivity contribution in [2.45, 2.75) is 51.7 Å². The molecule has 174 valence electrons. The van der Waals surface area contributed by atoms with Gasteiger partial charge >= 0.3 is 0 Å². The van der Waals surface area contributed by atoms with Gasteiger partial charge in [-0.05, 0) is 43.9 Å². The molecule has 1 amide bonds. The molecule has 33 heavy (non-hydrogen) atoms. The SMILES string of the molecule is CCn1nc(C)c2c1CCN(C(C(=O)NC)c1ccccc1)C2CCc1cccc(F)c1F. The molecule has 2 atom stereocenters. The molecule has 1 N–H and O–H groups in total. The number of amides is 1. The molecule has 3 aromatic rings. The molecule has 0 aliphatic carbocycles. The van der Waals surface area contributed by atoms with Crippen LogP contribution in [0.3, 0.4) is 0 Å². The predicted molar refractivity (Wildman–Crippen MR) is 124 cm³/mol. The van der Waals surface area contributed by atoms with Crippen molar-refractivity contribution in [3.8, 4) is 0 Å². The summed E-state index contributed by atoms with van der Waals surface area (Å²) in [6, 6.07) is 13.4. The fourth-order valence-corrected chi connectivity index (χ4v) is 5.08. The summed E-state index contributed by atoms with van der Waals surface area (Å²) in [5.41, 5.74) is 4.44. The van der Waals surface area contributed by atoms with E-state index in [2.05, 4.69) is 17.1 Å². The minimum atomic E-state index is -0.837. The van der Waals surface area contributed by atoms with Crippen LogP contribution in [0.25, 0.3) is 0 Å². The van der Waals surface area contributed by atoms with Gasteiger partial charge in [-0.25, -0.2) is 8.78 Å². The second-order valence-corrected chi connectivity index (χ2v) is 8.44. The Labute approximate surface area is 193 Å². The van der Waals surface area contributed by atoms with Gasteiger partial charge in [0, 0.05) is 43.9 Å². The number of carbonyl (C=O) groups is 1. The van der Waals surface area contributed by atoms with Gasteiger partial charge in [0.1, 0.15) is 6.04 Å². The minimum absolute atomic E-state index is 0.0906. The van der Waals surface area contributed by atoms with E-state index in [-0.39, 0.29) is 11.9 Å². The molecule has 2 heterocycles. The number of hydrogen-bond acceptors (Lipinski definition) is 3. The zero-order valence-electron chi connectivity index (χ0n) is 19.3. The molecule has 7 heteroatoms. The molecule has 4 rings (SSSR count). The normalized spacial score (nSPS) is 16.9. The van der Waals surface area contributed by atoms with Crippen LogP contribution in [0.1, 0.15) is 53.5 Å². The number of likely N-dealkylation sites (N-methyl/N-ethyl adjacent to an activating group) is 1. The van der Waals surface area contributed by atoms with Gasteiger partial charge in [-0.2, -0.15) is 5.10 Å². The van der Waals surface area contributed by atoms with Crippen LogP contribution in [0.4, 0.5) is 8.78 Å².